The minimum Gasteiger partial charge on any atom is -0.296 e. The molecule has 0 unspecified atom stereocenters. The lowest BCUT2D eigenvalue weighted by molar-refractivity contribution is 0.111. The molecule has 0 aliphatic carbocycles. The number of rotatable bonds is 6. The van der Waals surface area contributed by atoms with E-state index in [1.54, 1.807) is 48.5 Å². The molecule has 10 heteroatoms. The number of sulfonamides is 1. The highest BCUT2D eigenvalue weighted by molar-refractivity contribution is 7.90. The lowest BCUT2D eigenvalue weighted by Gasteiger charge is -2.25. The van der Waals surface area contributed by atoms with E-state index >= 15 is 0 Å². The number of piperidine rings is 1. The van der Waals surface area contributed by atoms with Crippen LogP contribution in [-0.2, 0) is 20.0 Å². The number of carbonyl (C=O) groups excluding carboxylic acids is 1. The molecule has 180 valence electrons. The minimum absolute atomic E-state index is 0.0417. The third kappa shape index (κ3) is 4.07. The van der Waals surface area contributed by atoms with E-state index in [4.69, 9.17) is 0 Å². The molecule has 2 aromatic heterocycles. The van der Waals surface area contributed by atoms with E-state index in [-0.39, 0.29) is 21.1 Å². The summed E-state index contributed by atoms with van der Waals surface area (Å²) in [4.78, 5) is 16.4. The molecule has 0 radical (unpaired) electrons. The van der Waals surface area contributed by atoms with Crippen LogP contribution in [0.1, 0.15) is 29.8 Å². The first-order chi connectivity index (χ1) is 16.8. The Morgan fingerprint density at radius 3 is 2.09 bits per heavy atom. The third-order valence-corrected chi connectivity index (χ3v) is 9.85. The smallest absolute Gasteiger partial charge is 0.270 e. The normalized spacial score (nSPS) is 15.3. The number of hydrogen-bond acceptors (Lipinski definition) is 6. The Morgan fingerprint density at radius 2 is 1.43 bits per heavy atom. The summed E-state index contributed by atoms with van der Waals surface area (Å²) in [6, 6.07) is 17.5. The van der Waals surface area contributed by atoms with Gasteiger partial charge in [0.05, 0.1) is 15.5 Å². The second-order valence-corrected chi connectivity index (χ2v) is 12.1. The SMILES string of the molecule is O=Cc1cc2c(-c3ccc(S(=O)(=O)N4CCCCC4)cc3)ccnc2n1S(=O)(=O)c1ccccc1. The van der Waals surface area contributed by atoms with Gasteiger partial charge in [0.15, 0.2) is 11.9 Å². The third-order valence-electron chi connectivity index (χ3n) is 6.21. The number of nitrogens with zero attached hydrogens (tertiary/aromatic N) is 3. The predicted molar refractivity (Wildman–Crippen MR) is 132 cm³/mol. The van der Waals surface area contributed by atoms with Crippen LogP contribution in [0.25, 0.3) is 22.2 Å². The summed E-state index contributed by atoms with van der Waals surface area (Å²) in [5.74, 6) is 0. The van der Waals surface area contributed by atoms with Crippen LogP contribution in [0.4, 0.5) is 0 Å². The highest BCUT2D eigenvalue weighted by Gasteiger charge is 2.27. The average molecular weight is 510 g/mol. The number of benzene rings is 2. The Labute approximate surface area is 203 Å². The maximum Gasteiger partial charge on any atom is 0.270 e. The zero-order valence-electron chi connectivity index (χ0n) is 18.7. The van der Waals surface area contributed by atoms with E-state index < -0.39 is 20.0 Å². The number of aldehydes is 1. The van der Waals surface area contributed by atoms with Gasteiger partial charge in [-0.2, -0.15) is 4.31 Å². The Balaban J connectivity index is 1.59. The summed E-state index contributed by atoms with van der Waals surface area (Å²) in [5.41, 5.74) is 1.40. The van der Waals surface area contributed by atoms with Crippen molar-refractivity contribution in [3.8, 4) is 11.1 Å². The first-order valence-electron chi connectivity index (χ1n) is 11.2. The van der Waals surface area contributed by atoms with Crippen LogP contribution in [-0.4, -0.2) is 49.5 Å². The van der Waals surface area contributed by atoms with Crippen LogP contribution in [0.3, 0.4) is 0 Å². The molecular formula is C25H23N3O5S2. The van der Waals surface area contributed by atoms with E-state index in [2.05, 4.69) is 4.98 Å². The Hall–Kier alpha value is -3.34. The van der Waals surface area contributed by atoms with Crippen molar-refractivity contribution in [3.05, 3.63) is 78.6 Å². The molecule has 0 bridgehead atoms. The Kier molecular flexibility index (Phi) is 6.04. The summed E-state index contributed by atoms with van der Waals surface area (Å²) in [7, 11) is -7.63. The molecule has 1 saturated heterocycles. The first-order valence-corrected chi connectivity index (χ1v) is 14.1. The maximum atomic E-state index is 13.3. The van der Waals surface area contributed by atoms with Crippen molar-refractivity contribution in [2.24, 2.45) is 0 Å². The van der Waals surface area contributed by atoms with Crippen LogP contribution in [0, 0.1) is 0 Å². The van der Waals surface area contributed by atoms with Crippen LogP contribution in [0.2, 0.25) is 0 Å². The molecule has 0 atom stereocenters. The van der Waals surface area contributed by atoms with E-state index in [0.717, 1.165) is 23.2 Å². The van der Waals surface area contributed by atoms with Gasteiger partial charge in [-0.1, -0.05) is 36.8 Å². The van der Waals surface area contributed by atoms with Gasteiger partial charge in [-0.3, -0.25) is 4.79 Å². The lowest BCUT2D eigenvalue weighted by atomic mass is 10.0. The summed E-state index contributed by atoms with van der Waals surface area (Å²) in [6.45, 7) is 1.04. The molecule has 1 fully saturated rings. The highest BCUT2D eigenvalue weighted by Crippen LogP contribution is 2.32. The topological polar surface area (TPSA) is 106 Å². The van der Waals surface area contributed by atoms with E-state index in [1.807, 2.05) is 0 Å². The van der Waals surface area contributed by atoms with Gasteiger partial charge in [0.25, 0.3) is 10.0 Å². The highest BCUT2D eigenvalue weighted by atomic mass is 32.2. The minimum atomic E-state index is -4.06. The fraction of sp³-hybridized carbons (Fsp3) is 0.200. The number of aromatic nitrogens is 2. The number of carbonyl (C=O) groups is 1. The molecule has 8 nitrogen and oxygen atoms in total. The van der Waals surface area contributed by atoms with Gasteiger partial charge in [0.2, 0.25) is 10.0 Å². The first kappa shape index (κ1) is 23.4. The molecule has 0 spiro atoms. The van der Waals surface area contributed by atoms with E-state index in [9.17, 15) is 21.6 Å². The summed E-state index contributed by atoms with van der Waals surface area (Å²) in [6.07, 6.45) is 4.70. The van der Waals surface area contributed by atoms with E-state index in [0.29, 0.717) is 35.9 Å². The predicted octanol–water partition coefficient (Wildman–Crippen LogP) is 3.93. The quantitative estimate of drug-likeness (QED) is 0.365. The molecule has 5 rings (SSSR count). The van der Waals surface area contributed by atoms with Crippen molar-refractivity contribution in [2.75, 3.05) is 13.1 Å². The molecule has 2 aromatic carbocycles. The molecule has 4 aromatic rings. The van der Waals surface area contributed by atoms with Crippen molar-refractivity contribution in [2.45, 2.75) is 29.1 Å². The van der Waals surface area contributed by atoms with Crippen molar-refractivity contribution in [3.63, 3.8) is 0 Å². The fourth-order valence-electron chi connectivity index (χ4n) is 4.44. The van der Waals surface area contributed by atoms with Crippen molar-refractivity contribution in [1.82, 2.24) is 13.3 Å². The molecule has 1 aliphatic rings. The Morgan fingerprint density at radius 1 is 0.771 bits per heavy atom. The molecule has 1 aliphatic heterocycles. The van der Waals surface area contributed by atoms with Crippen LogP contribution < -0.4 is 0 Å². The van der Waals surface area contributed by atoms with Gasteiger partial charge in [-0.05, 0) is 60.4 Å². The molecule has 3 heterocycles. The monoisotopic (exact) mass is 509 g/mol. The zero-order valence-corrected chi connectivity index (χ0v) is 20.4. The number of hydrogen-bond donors (Lipinski definition) is 0. The molecule has 0 N–H and O–H groups in total. The average Bonchev–Trinajstić information content (AvgIpc) is 3.29. The second kappa shape index (κ2) is 9.03. The molecule has 35 heavy (non-hydrogen) atoms. The number of fused-ring (bicyclic) bond motifs is 1. The second-order valence-electron chi connectivity index (χ2n) is 8.35. The molecule has 0 saturated carbocycles. The number of pyridine rings is 1. The summed E-state index contributed by atoms with van der Waals surface area (Å²) in [5, 5.41) is 0.473. The maximum absolute atomic E-state index is 13.3. The van der Waals surface area contributed by atoms with Crippen molar-refractivity contribution in [1.29, 1.82) is 0 Å². The van der Waals surface area contributed by atoms with Crippen LogP contribution >= 0.6 is 0 Å². The molecule has 0 amide bonds. The van der Waals surface area contributed by atoms with Gasteiger partial charge in [-0.15, -0.1) is 0 Å². The Bertz CT molecular complexity index is 1610. The van der Waals surface area contributed by atoms with Crippen molar-refractivity contribution < 1.29 is 21.6 Å². The van der Waals surface area contributed by atoms with Gasteiger partial charge < -0.3 is 0 Å². The largest absolute Gasteiger partial charge is 0.296 e. The fourth-order valence-corrected chi connectivity index (χ4v) is 7.42. The summed E-state index contributed by atoms with van der Waals surface area (Å²) >= 11 is 0. The van der Waals surface area contributed by atoms with Gasteiger partial charge in [0.1, 0.15) is 0 Å². The summed E-state index contributed by atoms with van der Waals surface area (Å²) < 4.78 is 55.1. The van der Waals surface area contributed by atoms with Gasteiger partial charge >= 0.3 is 0 Å². The van der Waals surface area contributed by atoms with Crippen molar-refractivity contribution >= 4 is 37.4 Å². The van der Waals surface area contributed by atoms with Gasteiger partial charge in [0, 0.05) is 24.7 Å². The van der Waals surface area contributed by atoms with Gasteiger partial charge in [-0.25, -0.2) is 25.8 Å². The van der Waals surface area contributed by atoms with Crippen LogP contribution in [0.5, 0.6) is 0 Å². The molecular weight excluding hydrogens is 486 g/mol. The lowest BCUT2D eigenvalue weighted by Crippen LogP contribution is -2.35. The van der Waals surface area contributed by atoms with Crippen LogP contribution in [0.15, 0.2) is 82.7 Å². The van der Waals surface area contributed by atoms with E-state index in [1.165, 1.54) is 28.7 Å². The standard InChI is InChI=1S/C25H23N3O5S2/c29-18-20-17-24-23(13-14-26-25(24)28(20)35(32,33)21-7-3-1-4-8-21)19-9-11-22(12-10-19)34(30,31)27-15-5-2-6-16-27/h1,3-4,7-14,17-18H,2,5-6,15-16H2. The zero-order chi connectivity index (χ0) is 24.6.